The molecule has 0 saturated carbocycles. The number of hydrogen-bond acceptors (Lipinski definition) is 4. The smallest absolute Gasteiger partial charge is 0.408 e. The van der Waals surface area contributed by atoms with E-state index in [0.29, 0.717) is 6.42 Å². The molecule has 6 heteroatoms. The minimum absolute atomic E-state index is 0.194. The van der Waals surface area contributed by atoms with Crippen molar-refractivity contribution < 1.29 is 19.1 Å². The highest BCUT2D eigenvalue weighted by atomic mass is 16.6. The summed E-state index contributed by atoms with van der Waals surface area (Å²) in [6.07, 6.45) is -0.255. The molecule has 2 amide bonds. The van der Waals surface area contributed by atoms with Gasteiger partial charge in [-0.2, -0.15) is 0 Å². The summed E-state index contributed by atoms with van der Waals surface area (Å²) in [7, 11) is 4.91. The first kappa shape index (κ1) is 19.8. The molecular weight excluding hydrogens is 308 g/mol. The Morgan fingerprint density at radius 2 is 1.88 bits per heavy atom. The first-order valence-electron chi connectivity index (χ1n) is 7.87. The Kier molecular flexibility index (Phi) is 6.63. The number of hydrogen-bond donors (Lipinski definition) is 1. The number of alkyl carbamates (subject to hydrolysis) is 1. The molecule has 0 spiro atoms. The molecule has 1 aromatic carbocycles. The van der Waals surface area contributed by atoms with Crippen molar-refractivity contribution in [1.29, 1.82) is 0 Å². The molecule has 0 bridgehead atoms. The van der Waals surface area contributed by atoms with Gasteiger partial charge >= 0.3 is 6.09 Å². The number of amides is 2. The van der Waals surface area contributed by atoms with Crippen LogP contribution in [0.25, 0.3) is 0 Å². The van der Waals surface area contributed by atoms with Crippen LogP contribution in [0.2, 0.25) is 0 Å². The molecule has 0 aliphatic rings. The van der Waals surface area contributed by atoms with Crippen molar-refractivity contribution in [1.82, 2.24) is 10.2 Å². The van der Waals surface area contributed by atoms with Gasteiger partial charge in [-0.05, 0) is 44.9 Å². The third kappa shape index (κ3) is 6.10. The maximum atomic E-state index is 12.4. The molecule has 0 unspecified atom stereocenters. The van der Waals surface area contributed by atoms with Gasteiger partial charge < -0.3 is 19.7 Å². The lowest BCUT2D eigenvalue weighted by molar-refractivity contribution is -0.130. The Morgan fingerprint density at radius 1 is 1.25 bits per heavy atom. The van der Waals surface area contributed by atoms with E-state index in [0.717, 1.165) is 16.9 Å². The van der Waals surface area contributed by atoms with Crippen molar-refractivity contribution in [3.63, 3.8) is 0 Å². The van der Waals surface area contributed by atoms with Gasteiger partial charge in [0.25, 0.3) is 0 Å². The van der Waals surface area contributed by atoms with Crippen LogP contribution in [-0.2, 0) is 16.0 Å². The minimum atomic E-state index is -0.706. The van der Waals surface area contributed by atoms with E-state index in [1.807, 2.05) is 25.1 Å². The number of nitrogens with one attached hydrogen (secondary N) is 1. The van der Waals surface area contributed by atoms with E-state index in [-0.39, 0.29) is 5.91 Å². The number of methoxy groups -OCH3 is 1. The summed E-state index contributed by atoms with van der Waals surface area (Å²) >= 11 is 0. The van der Waals surface area contributed by atoms with Gasteiger partial charge in [0.1, 0.15) is 17.4 Å². The van der Waals surface area contributed by atoms with Crippen LogP contribution >= 0.6 is 0 Å². The van der Waals surface area contributed by atoms with Crippen LogP contribution in [-0.4, -0.2) is 49.7 Å². The summed E-state index contributed by atoms with van der Waals surface area (Å²) in [5, 5.41) is 2.66. The number of benzene rings is 1. The number of carbonyl (C=O) groups is 2. The molecule has 1 rings (SSSR count). The summed E-state index contributed by atoms with van der Waals surface area (Å²) in [6, 6.07) is 5.02. The van der Waals surface area contributed by atoms with Crippen molar-refractivity contribution in [3.05, 3.63) is 29.3 Å². The number of rotatable bonds is 5. The quantitative estimate of drug-likeness (QED) is 0.897. The van der Waals surface area contributed by atoms with Crippen LogP contribution in [0, 0.1) is 6.92 Å². The number of aryl methyl sites for hydroxylation is 1. The lowest BCUT2D eigenvalue weighted by Crippen LogP contribution is -2.48. The molecule has 24 heavy (non-hydrogen) atoms. The van der Waals surface area contributed by atoms with Gasteiger partial charge in [0.15, 0.2) is 0 Å². The normalized spacial score (nSPS) is 12.3. The zero-order valence-electron chi connectivity index (χ0n) is 15.6. The molecule has 0 aliphatic heterocycles. The molecule has 0 aliphatic carbocycles. The van der Waals surface area contributed by atoms with Crippen molar-refractivity contribution in [3.8, 4) is 5.75 Å². The summed E-state index contributed by atoms with van der Waals surface area (Å²) in [4.78, 5) is 25.9. The van der Waals surface area contributed by atoms with E-state index < -0.39 is 17.7 Å². The Hall–Kier alpha value is -2.24. The minimum Gasteiger partial charge on any atom is -0.496 e. The average molecular weight is 336 g/mol. The lowest BCUT2D eigenvalue weighted by atomic mass is 10.0. The fourth-order valence-electron chi connectivity index (χ4n) is 2.19. The van der Waals surface area contributed by atoms with Crippen molar-refractivity contribution in [2.75, 3.05) is 21.2 Å². The molecule has 0 heterocycles. The van der Waals surface area contributed by atoms with E-state index in [4.69, 9.17) is 9.47 Å². The maximum Gasteiger partial charge on any atom is 0.408 e. The monoisotopic (exact) mass is 336 g/mol. The fraction of sp³-hybridized carbons (Fsp3) is 0.556. The highest BCUT2D eigenvalue weighted by Crippen LogP contribution is 2.20. The number of ether oxygens (including phenoxy) is 2. The third-order valence-electron chi connectivity index (χ3n) is 3.34. The second-order valence-corrected chi connectivity index (χ2v) is 6.94. The van der Waals surface area contributed by atoms with Crippen LogP contribution in [0.4, 0.5) is 4.79 Å². The molecule has 1 atom stereocenters. The lowest BCUT2D eigenvalue weighted by Gasteiger charge is -2.25. The zero-order chi connectivity index (χ0) is 18.5. The molecule has 0 saturated heterocycles. The predicted molar refractivity (Wildman–Crippen MR) is 93.3 cm³/mol. The maximum absolute atomic E-state index is 12.4. The van der Waals surface area contributed by atoms with Crippen molar-refractivity contribution in [2.45, 2.75) is 45.8 Å². The largest absolute Gasteiger partial charge is 0.496 e. The fourth-order valence-corrected chi connectivity index (χ4v) is 2.19. The van der Waals surface area contributed by atoms with Crippen molar-refractivity contribution in [2.24, 2.45) is 0 Å². The Labute approximate surface area is 144 Å². The number of nitrogens with zero attached hydrogens (tertiary/aromatic N) is 1. The summed E-state index contributed by atoms with van der Waals surface area (Å²) in [5.74, 6) is 0.557. The topological polar surface area (TPSA) is 67.9 Å². The molecule has 1 N–H and O–H groups in total. The number of likely N-dealkylation sites (N-methyl/N-ethyl adjacent to an activating group) is 1. The standard InChI is InChI=1S/C18H28N2O4/c1-12-8-9-13(11-15(12)23-7)10-14(16(21)20(5)6)19-17(22)24-18(2,3)4/h8-9,11,14H,10H2,1-7H3,(H,19,22)/t14-/m0/s1. The van der Waals surface area contributed by atoms with E-state index in [2.05, 4.69) is 5.32 Å². The highest BCUT2D eigenvalue weighted by molar-refractivity contribution is 5.85. The molecule has 0 fully saturated rings. The SMILES string of the molecule is COc1cc(C[C@H](NC(=O)OC(C)(C)C)C(=O)N(C)C)ccc1C. The summed E-state index contributed by atoms with van der Waals surface area (Å²) < 4.78 is 10.6. The molecule has 0 aromatic heterocycles. The van der Waals surface area contributed by atoms with Gasteiger partial charge in [-0.25, -0.2) is 4.79 Å². The molecule has 0 radical (unpaired) electrons. The van der Waals surface area contributed by atoms with E-state index >= 15 is 0 Å². The average Bonchev–Trinajstić information content (AvgIpc) is 2.45. The van der Waals surface area contributed by atoms with E-state index in [9.17, 15) is 9.59 Å². The van der Waals surface area contributed by atoms with Gasteiger partial charge in [-0.15, -0.1) is 0 Å². The van der Waals surface area contributed by atoms with Crippen LogP contribution in [0.1, 0.15) is 31.9 Å². The molecule has 1 aromatic rings. The van der Waals surface area contributed by atoms with E-state index in [1.165, 1.54) is 4.90 Å². The molecule has 134 valence electrons. The van der Waals surface area contributed by atoms with Gasteiger partial charge in [0.2, 0.25) is 5.91 Å². The van der Waals surface area contributed by atoms with Crippen LogP contribution < -0.4 is 10.1 Å². The first-order chi connectivity index (χ1) is 11.0. The zero-order valence-corrected chi connectivity index (χ0v) is 15.6. The van der Waals surface area contributed by atoms with Gasteiger partial charge in [0.05, 0.1) is 7.11 Å². The van der Waals surface area contributed by atoms with Crippen LogP contribution in [0.15, 0.2) is 18.2 Å². The van der Waals surface area contributed by atoms with Crippen LogP contribution in [0.3, 0.4) is 0 Å². The summed E-state index contributed by atoms with van der Waals surface area (Å²) in [6.45, 7) is 7.28. The second kappa shape index (κ2) is 8.04. The summed E-state index contributed by atoms with van der Waals surface area (Å²) in [5.41, 5.74) is 1.29. The predicted octanol–water partition coefficient (Wildman–Crippen LogP) is 2.53. The Balaban J connectivity index is 2.94. The third-order valence-corrected chi connectivity index (χ3v) is 3.34. The van der Waals surface area contributed by atoms with Gasteiger partial charge in [-0.1, -0.05) is 12.1 Å². The molecular formula is C18H28N2O4. The first-order valence-corrected chi connectivity index (χ1v) is 7.87. The van der Waals surface area contributed by atoms with Gasteiger partial charge in [-0.3, -0.25) is 4.79 Å². The highest BCUT2D eigenvalue weighted by Gasteiger charge is 2.26. The van der Waals surface area contributed by atoms with Crippen LogP contribution in [0.5, 0.6) is 5.75 Å². The Morgan fingerprint density at radius 3 is 2.38 bits per heavy atom. The molecule has 6 nitrogen and oxygen atoms in total. The second-order valence-electron chi connectivity index (χ2n) is 6.94. The van der Waals surface area contributed by atoms with Gasteiger partial charge in [0, 0.05) is 20.5 Å². The number of carbonyl (C=O) groups excluding carboxylic acids is 2. The van der Waals surface area contributed by atoms with E-state index in [1.54, 1.807) is 42.0 Å². The Bertz CT molecular complexity index is 591. The van der Waals surface area contributed by atoms with Crippen molar-refractivity contribution >= 4 is 12.0 Å².